The van der Waals surface area contributed by atoms with Crippen molar-refractivity contribution in [3.63, 3.8) is 0 Å². The molecule has 0 saturated carbocycles. The van der Waals surface area contributed by atoms with Gasteiger partial charge in [0.25, 0.3) is 0 Å². The molecule has 0 fully saturated rings. The van der Waals surface area contributed by atoms with Crippen LogP contribution in [0, 0.1) is 5.41 Å². The summed E-state index contributed by atoms with van der Waals surface area (Å²) in [6.45, 7) is 3.68. The number of rotatable bonds is 4. The molecular weight excluding hydrogens is 176 g/mol. The average molecular weight is 192 g/mol. The fourth-order valence-electron chi connectivity index (χ4n) is 1.36. The Labute approximate surface area is 84.6 Å². The first-order valence-corrected chi connectivity index (χ1v) is 4.83. The van der Waals surface area contributed by atoms with Gasteiger partial charge in [0.05, 0.1) is 11.5 Å². The molecule has 0 aliphatic carbocycles. The smallest absolute Gasteiger partial charge is 0.128 e. The summed E-state index contributed by atoms with van der Waals surface area (Å²) < 4.78 is 0. The number of aliphatic hydroxyl groups is 1. The van der Waals surface area contributed by atoms with E-state index in [1.807, 2.05) is 37.3 Å². The van der Waals surface area contributed by atoms with Gasteiger partial charge in [-0.05, 0) is 12.0 Å². The molecule has 0 amide bonds. The Hall–Kier alpha value is -1.15. The molecule has 2 nitrogen and oxygen atoms in total. The van der Waals surface area contributed by atoms with Gasteiger partial charge >= 0.3 is 0 Å². The van der Waals surface area contributed by atoms with Crippen LogP contribution in [-0.2, 0) is 4.79 Å². The van der Waals surface area contributed by atoms with Gasteiger partial charge in [0.1, 0.15) is 6.29 Å². The Bertz CT molecular complexity index is 294. The van der Waals surface area contributed by atoms with E-state index in [9.17, 15) is 9.90 Å². The summed E-state index contributed by atoms with van der Waals surface area (Å²) in [4.78, 5) is 10.9. The van der Waals surface area contributed by atoms with E-state index in [1.165, 1.54) is 0 Å². The van der Waals surface area contributed by atoms with Crippen LogP contribution in [0.3, 0.4) is 0 Å². The molecule has 76 valence electrons. The van der Waals surface area contributed by atoms with Crippen LogP contribution in [0.25, 0.3) is 0 Å². The van der Waals surface area contributed by atoms with Crippen molar-refractivity contribution < 1.29 is 9.90 Å². The van der Waals surface area contributed by atoms with E-state index in [2.05, 4.69) is 0 Å². The molecule has 1 N–H and O–H groups in total. The highest BCUT2D eigenvalue weighted by Crippen LogP contribution is 2.34. The summed E-state index contributed by atoms with van der Waals surface area (Å²) in [7, 11) is 0. The van der Waals surface area contributed by atoms with Crippen LogP contribution in [0.1, 0.15) is 31.9 Å². The predicted molar refractivity (Wildman–Crippen MR) is 55.9 cm³/mol. The van der Waals surface area contributed by atoms with Crippen LogP contribution in [0.4, 0.5) is 0 Å². The Kier molecular flexibility index (Phi) is 3.42. The van der Waals surface area contributed by atoms with E-state index in [1.54, 1.807) is 6.92 Å². The van der Waals surface area contributed by atoms with Crippen molar-refractivity contribution in [3.05, 3.63) is 35.9 Å². The molecule has 2 atom stereocenters. The lowest BCUT2D eigenvalue weighted by molar-refractivity contribution is -0.121. The SMILES string of the molecule is CCC(C)(C=O)C(O)c1ccccc1. The summed E-state index contributed by atoms with van der Waals surface area (Å²) in [5, 5.41) is 10.0. The largest absolute Gasteiger partial charge is 0.387 e. The molecule has 0 aromatic heterocycles. The van der Waals surface area contributed by atoms with Crippen molar-refractivity contribution in [1.82, 2.24) is 0 Å². The van der Waals surface area contributed by atoms with Crippen molar-refractivity contribution in [2.45, 2.75) is 26.4 Å². The van der Waals surface area contributed by atoms with E-state index in [0.717, 1.165) is 11.8 Å². The van der Waals surface area contributed by atoms with Gasteiger partial charge in [0, 0.05) is 0 Å². The summed E-state index contributed by atoms with van der Waals surface area (Å²) in [6, 6.07) is 9.28. The normalized spacial score (nSPS) is 17.1. The van der Waals surface area contributed by atoms with Gasteiger partial charge in [-0.2, -0.15) is 0 Å². The topological polar surface area (TPSA) is 37.3 Å². The van der Waals surface area contributed by atoms with Gasteiger partial charge in [-0.15, -0.1) is 0 Å². The molecule has 2 unspecified atom stereocenters. The molecule has 1 rings (SSSR count). The third-order valence-corrected chi connectivity index (χ3v) is 2.77. The molecule has 1 aromatic rings. The fraction of sp³-hybridized carbons (Fsp3) is 0.417. The monoisotopic (exact) mass is 192 g/mol. The quantitative estimate of drug-likeness (QED) is 0.743. The van der Waals surface area contributed by atoms with Crippen molar-refractivity contribution in [2.24, 2.45) is 5.41 Å². The lowest BCUT2D eigenvalue weighted by atomic mass is 9.80. The van der Waals surface area contributed by atoms with Gasteiger partial charge in [0.15, 0.2) is 0 Å². The summed E-state index contributed by atoms with van der Waals surface area (Å²) in [6.07, 6.45) is 0.753. The molecule has 0 spiro atoms. The van der Waals surface area contributed by atoms with Gasteiger partial charge < -0.3 is 9.90 Å². The van der Waals surface area contributed by atoms with E-state index in [4.69, 9.17) is 0 Å². The van der Waals surface area contributed by atoms with Gasteiger partial charge in [0.2, 0.25) is 0 Å². The maximum atomic E-state index is 10.9. The molecule has 0 aliphatic heterocycles. The van der Waals surface area contributed by atoms with Crippen LogP contribution in [0.5, 0.6) is 0 Å². The lowest BCUT2D eigenvalue weighted by Gasteiger charge is -2.27. The Morgan fingerprint density at radius 1 is 1.43 bits per heavy atom. The molecule has 14 heavy (non-hydrogen) atoms. The van der Waals surface area contributed by atoms with Crippen LogP contribution < -0.4 is 0 Å². The van der Waals surface area contributed by atoms with Crippen molar-refractivity contribution in [3.8, 4) is 0 Å². The lowest BCUT2D eigenvalue weighted by Crippen LogP contribution is -2.26. The number of hydrogen-bond acceptors (Lipinski definition) is 2. The summed E-state index contributed by atoms with van der Waals surface area (Å²) >= 11 is 0. The standard InChI is InChI=1S/C12H16O2/c1-3-12(2,9-13)11(14)10-7-5-4-6-8-10/h4-9,11,14H,3H2,1-2H3. The minimum atomic E-state index is -0.716. The van der Waals surface area contributed by atoms with Crippen LogP contribution in [0.2, 0.25) is 0 Å². The van der Waals surface area contributed by atoms with E-state index in [0.29, 0.717) is 6.42 Å². The highest BCUT2D eigenvalue weighted by molar-refractivity contribution is 5.60. The molecule has 0 aliphatic rings. The molecule has 0 radical (unpaired) electrons. The Morgan fingerprint density at radius 2 is 2.00 bits per heavy atom. The van der Waals surface area contributed by atoms with Crippen LogP contribution in [-0.4, -0.2) is 11.4 Å². The molecule has 0 bridgehead atoms. The minimum Gasteiger partial charge on any atom is -0.387 e. The number of hydrogen-bond donors (Lipinski definition) is 1. The minimum absolute atomic E-state index is 0.632. The van der Waals surface area contributed by atoms with Crippen molar-refractivity contribution in [1.29, 1.82) is 0 Å². The predicted octanol–water partition coefficient (Wildman–Crippen LogP) is 2.34. The van der Waals surface area contributed by atoms with Crippen LogP contribution >= 0.6 is 0 Å². The zero-order chi connectivity index (χ0) is 10.6. The molecular formula is C12H16O2. The fourth-order valence-corrected chi connectivity index (χ4v) is 1.36. The Balaban J connectivity index is 2.94. The van der Waals surface area contributed by atoms with E-state index >= 15 is 0 Å². The van der Waals surface area contributed by atoms with Crippen molar-refractivity contribution >= 4 is 6.29 Å². The highest BCUT2D eigenvalue weighted by Gasteiger charge is 2.31. The number of benzene rings is 1. The maximum Gasteiger partial charge on any atom is 0.128 e. The second-order valence-corrected chi connectivity index (χ2v) is 3.79. The molecule has 2 heteroatoms. The van der Waals surface area contributed by atoms with E-state index in [-0.39, 0.29) is 0 Å². The number of carbonyl (C=O) groups excluding carboxylic acids is 1. The first-order chi connectivity index (χ1) is 6.64. The van der Waals surface area contributed by atoms with Gasteiger partial charge in [-0.1, -0.05) is 44.2 Å². The second kappa shape index (κ2) is 4.38. The maximum absolute atomic E-state index is 10.9. The van der Waals surface area contributed by atoms with Crippen LogP contribution in [0.15, 0.2) is 30.3 Å². The second-order valence-electron chi connectivity index (χ2n) is 3.79. The van der Waals surface area contributed by atoms with Gasteiger partial charge in [-0.25, -0.2) is 0 Å². The number of aliphatic hydroxyl groups excluding tert-OH is 1. The summed E-state index contributed by atoms with van der Waals surface area (Å²) in [5.41, 5.74) is 0.116. The first kappa shape index (κ1) is 10.9. The number of carbonyl (C=O) groups is 1. The average Bonchev–Trinajstić information content (AvgIpc) is 2.28. The molecule has 0 saturated heterocycles. The Morgan fingerprint density at radius 3 is 2.43 bits per heavy atom. The van der Waals surface area contributed by atoms with Crippen molar-refractivity contribution in [2.75, 3.05) is 0 Å². The highest BCUT2D eigenvalue weighted by atomic mass is 16.3. The third-order valence-electron chi connectivity index (χ3n) is 2.77. The zero-order valence-corrected chi connectivity index (χ0v) is 8.60. The van der Waals surface area contributed by atoms with Gasteiger partial charge in [-0.3, -0.25) is 0 Å². The molecule has 0 heterocycles. The third kappa shape index (κ3) is 2.02. The zero-order valence-electron chi connectivity index (χ0n) is 8.60. The number of aldehydes is 1. The van der Waals surface area contributed by atoms with E-state index < -0.39 is 11.5 Å². The summed E-state index contributed by atoms with van der Waals surface area (Å²) in [5.74, 6) is 0. The first-order valence-electron chi connectivity index (χ1n) is 4.83. The molecule has 1 aromatic carbocycles.